The van der Waals surface area contributed by atoms with E-state index in [1.54, 1.807) is 13.0 Å². The first-order valence-corrected chi connectivity index (χ1v) is 4.63. The van der Waals surface area contributed by atoms with Gasteiger partial charge in [0.05, 0.1) is 0 Å². The number of allylic oxidation sites excluding steroid dienone is 2. The van der Waals surface area contributed by atoms with Crippen molar-refractivity contribution in [3.05, 3.63) is 21.1 Å². The summed E-state index contributed by atoms with van der Waals surface area (Å²) in [5, 5.41) is 0. The number of halogens is 5. The molecular formula is C6H7Cl5. The summed E-state index contributed by atoms with van der Waals surface area (Å²) in [6.45, 7) is 1.77. The molecule has 66 valence electrons. The fraction of sp³-hybridized carbons (Fsp3) is 0.333. The molecule has 0 saturated carbocycles. The van der Waals surface area contributed by atoms with Gasteiger partial charge in [-0.25, -0.2) is 0 Å². The van der Waals surface area contributed by atoms with Crippen molar-refractivity contribution in [3.8, 4) is 0 Å². The Labute approximate surface area is 91.7 Å². The molecule has 0 aliphatic heterocycles. The van der Waals surface area contributed by atoms with Crippen molar-refractivity contribution in [2.45, 2.75) is 6.92 Å². The molecule has 0 N–H and O–H groups in total. The van der Waals surface area contributed by atoms with Crippen molar-refractivity contribution in [2.75, 3.05) is 5.88 Å². The van der Waals surface area contributed by atoms with Crippen LogP contribution in [0.3, 0.4) is 0 Å². The first-order valence-electron chi connectivity index (χ1n) is 2.59. The van der Waals surface area contributed by atoms with Crippen molar-refractivity contribution >= 4 is 58.0 Å². The van der Waals surface area contributed by atoms with E-state index in [-0.39, 0.29) is 4.49 Å². The molecule has 0 unspecified atom stereocenters. The van der Waals surface area contributed by atoms with E-state index in [1.165, 1.54) is 6.08 Å². The molecule has 0 nitrogen and oxygen atoms in total. The third kappa shape index (κ3) is 24.8. The third-order valence-electron chi connectivity index (χ3n) is 0.450. The first-order chi connectivity index (χ1) is 5.04. The van der Waals surface area contributed by atoms with Crippen LogP contribution in [0.1, 0.15) is 6.92 Å². The maximum absolute atomic E-state index is 5.15. The molecule has 0 atom stereocenters. The average Bonchev–Trinajstić information content (AvgIpc) is 1.89. The molecule has 0 radical (unpaired) electrons. The normalized spacial score (nSPS) is 7.45. The lowest BCUT2D eigenvalue weighted by molar-refractivity contribution is 1.76. The molecule has 0 fully saturated rings. The topological polar surface area (TPSA) is 0 Å². The highest BCUT2D eigenvalue weighted by atomic mass is 35.5. The molecule has 0 bridgehead atoms. The van der Waals surface area contributed by atoms with E-state index in [1.807, 2.05) is 0 Å². The maximum Gasteiger partial charge on any atom is 0.104 e. The summed E-state index contributed by atoms with van der Waals surface area (Å²) in [4.78, 5) is 0. The fourth-order valence-corrected chi connectivity index (χ4v) is 0.525. The van der Waals surface area contributed by atoms with Crippen LogP contribution in [0.2, 0.25) is 0 Å². The van der Waals surface area contributed by atoms with Crippen LogP contribution in [0.25, 0.3) is 0 Å². The smallest absolute Gasteiger partial charge is 0.104 e. The molecule has 0 aliphatic carbocycles. The highest BCUT2D eigenvalue weighted by Crippen LogP contribution is 2.05. The van der Waals surface area contributed by atoms with E-state index in [0.717, 1.165) is 0 Å². The minimum Gasteiger partial charge on any atom is -0.122 e. The van der Waals surface area contributed by atoms with Gasteiger partial charge in [0, 0.05) is 5.88 Å². The van der Waals surface area contributed by atoms with Crippen LogP contribution < -0.4 is 0 Å². The van der Waals surface area contributed by atoms with Crippen LogP contribution in [-0.2, 0) is 0 Å². The Morgan fingerprint density at radius 2 is 1.45 bits per heavy atom. The van der Waals surface area contributed by atoms with Gasteiger partial charge in [-0.05, 0) is 13.0 Å². The molecule has 0 spiro atoms. The summed E-state index contributed by atoms with van der Waals surface area (Å²) in [5.41, 5.74) is 0. The molecule has 0 aromatic carbocycles. The van der Waals surface area contributed by atoms with Gasteiger partial charge in [-0.15, -0.1) is 11.6 Å². The fourth-order valence-electron chi connectivity index (χ4n) is 0.0583. The molecule has 0 saturated heterocycles. The molecule has 5 heteroatoms. The summed E-state index contributed by atoms with van der Waals surface area (Å²) in [6.07, 6.45) is 3.12. The van der Waals surface area contributed by atoms with Crippen molar-refractivity contribution in [1.82, 2.24) is 0 Å². The van der Waals surface area contributed by atoms with Gasteiger partial charge >= 0.3 is 0 Å². The van der Waals surface area contributed by atoms with Crippen LogP contribution >= 0.6 is 58.0 Å². The maximum atomic E-state index is 5.15. The Balaban J connectivity index is 0. The number of rotatable bonds is 1. The lowest BCUT2D eigenvalue weighted by atomic mass is 10.8. The predicted octanol–water partition coefficient (Wildman–Crippen LogP) is 4.87. The van der Waals surface area contributed by atoms with Gasteiger partial charge in [-0.3, -0.25) is 0 Å². The second-order valence-corrected chi connectivity index (χ2v) is 3.55. The molecule has 0 heterocycles. The van der Waals surface area contributed by atoms with Gasteiger partial charge in [-0.2, -0.15) is 0 Å². The molecule has 0 aromatic rings. The standard InChI is InChI=1S/C3H3Cl3.C3H4Cl2/c4-2-1-3(5)6;1-2-3(4)5/h1H,2H2;2H,1H3. The van der Waals surface area contributed by atoms with E-state index in [0.29, 0.717) is 10.4 Å². The molecule has 0 rings (SSSR count). The minimum atomic E-state index is 0.227. The number of hydrogen-bond donors (Lipinski definition) is 0. The lowest BCUT2D eigenvalue weighted by Crippen LogP contribution is -1.56. The van der Waals surface area contributed by atoms with Crippen molar-refractivity contribution in [3.63, 3.8) is 0 Å². The van der Waals surface area contributed by atoms with Crippen molar-refractivity contribution in [2.24, 2.45) is 0 Å². The second-order valence-electron chi connectivity index (χ2n) is 1.23. The summed E-state index contributed by atoms with van der Waals surface area (Å²) in [7, 11) is 0. The van der Waals surface area contributed by atoms with Gasteiger partial charge < -0.3 is 0 Å². The number of alkyl halides is 1. The van der Waals surface area contributed by atoms with Crippen LogP contribution in [0.4, 0.5) is 0 Å². The first kappa shape index (κ1) is 14.5. The zero-order valence-electron chi connectivity index (χ0n) is 5.75. The SMILES string of the molecule is CC=C(Cl)Cl.ClCC=C(Cl)Cl. The van der Waals surface area contributed by atoms with Gasteiger partial charge in [0.2, 0.25) is 0 Å². The van der Waals surface area contributed by atoms with Gasteiger partial charge in [0.1, 0.15) is 8.98 Å². The van der Waals surface area contributed by atoms with Crippen molar-refractivity contribution < 1.29 is 0 Å². The Morgan fingerprint density at radius 1 is 1.09 bits per heavy atom. The second kappa shape index (κ2) is 10.9. The summed E-state index contributed by atoms with van der Waals surface area (Å²) >= 11 is 25.6. The van der Waals surface area contributed by atoms with Crippen LogP contribution in [0, 0.1) is 0 Å². The van der Waals surface area contributed by atoms with Crippen LogP contribution in [-0.4, -0.2) is 5.88 Å². The van der Waals surface area contributed by atoms with Crippen LogP contribution in [0.15, 0.2) is 21.1 Å². The van der Waals surface area contributed by atoms with Crippen LogP contribution in [0.5, 0.6) is 0 Å². The Kier molecular flexibility index (Phi) is 14.4. The zero-order chi connectivity index (χ0) is 9.28. The number of hydrogen-bond acceptors (Lipinski definition) is 0. The Bertz CT molecular complexity index is 130. The highest BCUT2D eigenvalue weighted by molar-refractivity contribution is 6.56. The molecule has 0 aromatic heterocycles. The monoisotopic (exact) mass is 254 g/mol. The van der Waals surface area contributed by atoms with E-state index in [2.05, 4.69) is 0 Å². The summed E-state index contributed by atoms with van der Waals surface area (Å²) in [5.74, 6) is 0.377. The van der Waals surface area contributed by atoms with Gasteiger partial charge in [-0.1, -0.05) is 52.5 Å². The quantitative estimate of drug-likeness (QED) is 0.587. The average molecular weight is 256 g/mol. The van der Waals surface area contributed by atoms with Gasteiger partial charge in [0.25, 0.3) is 0 Å². The molecule has 0 amide bonds. The molecule has 11 heavy (non-hydrogen) atoms. The minimum absolute atomic E-state index is 0.227. The summed E-state index contributed by atoms with van der Waals surface area (Å²) in [6, 6.07) is 0. The van der Waals surface area contributed by atoms with E-state index in [4.69, 9.17) is 58.0 Å². The Hall–Kier alpha value is 0.930. The third-order valence-corrected chi connectivity index (χ3v) is 1.35. The molecule has 0 aliphatic rings. The van der Waals surface area contributed by atoms with E-state index >= 15 is 0 Å². The highest BCUT2D eigenvalue weighted by Gasteiger charge is 1.75. The van der Waals surface area contributed by atoms with E-state index < -0.39 is 0 Å². The Morgan fingerprint density at radius 3 is 1.45 bits per heavy atom. The zero-order valence-corrected chi connectivity index (χ0v) is 9.53. The predicted molar refractivity (Wildman–Crippen MR) is 56.0 cm³/mol. The van der Waals surface area contributed by atoms with Gasteiger partial charge in [0.15, 0.2) is 0 Å². The summed E-state index contributed by atoms with van der Waals surface area (Å²) < 4.78 is 0.551. The van der Waals surface area contributed by atoms with Crippen molar-refractivity contribution in [1.29, 1.82) is 0 Å². The lowest BCUT2D eigenvalue weighted by Gasteiger charge is -1.72. The van der Waals surface area contributed by atoms with E-state index in [9.17, 15) is 0 Å². The molecular weight excluding hydrogens is 249 g/mol. The largest absolute Gasteiger partial charge is 0.122 e.